The van der Waals surface area contributed by atoms with E-state index in [1.54, 1.807) is 0 Å². The van der Waals surface area contributed by atoms with Crippen LogP contribution in [0.25, 0.3) is 0 Å². The molecule has 0 aromatic heterocycles. The van der Waals surface area contributed by atoms with Crippen LogP contribution in [0.2, 0.25) is 10.0 Å². The second-order valence-electron chi connectivity index (χ2n) is 2.05. The zero-order chi connectivity index (χ0) is 9.30. The number of hydrogen-bond donors (Lipinski definition) is 2. The second-order valence-corrected chi connectivity index (χ2v) is 3.81. The van der Waals surface area contributed by atoms with E-state index in [0.717, 1.165) is 0 Å². The Bertz CT molecular complexity index is 343. The fourth-order valence-electron chi connectivity index (χ4n) is 0.678. The Hall–Kier alpha value is -0.290. The van der Waals surface area contributed by atoms with E-state index in [0.29, 0.717) is 0 Å². The Morgan fingerprint density at radius 2 is 1.92 bits per heavy atom. The first-order chi connectivity index (χ1) is 5.52. The molecule has 12 heavy (non-hydrogen) atoms. The van der Waals surface area contributed by atoms with E-state index < -0.39 is 11.1 Å². The lowest BCUT2D eigenvalue weighted by atomic mass is 10.3. The van der Waals surface area contributed by atoms with Crippen molar-refractivity contribution in [2.24, 2.45) is 0 Å². The van der Waals surface area contributed by atoms with E-state index in [9.17, 15) is 4.21 Å². The first kappa shape index (κ1) is 9.80. The molecule has 0 saturated heterocycles. The van der Waals surface area contributed by atoms with Crippen LogP contribution in [0, 0.1) is 0 Å². The summed E-state index contributed by atoms with van der Waals surface area (Å²) < 4.78 is 19.3. The maximum atomic E-state index is 10.6. The smallest absolute Gasteiger partial charge is 0.188 e. The molecule has 3 nitrogen and oxygen atoms in total. The molecule has 1 atom stereocenters. The van der Waals surface area contributed by atoms with Crippen LogP contribution in [0.1, 0.15) is 0 Å². The predicted octanol–water partition coefficient (Wildman–Crippen LogP) is 2.16. The third kappa shape index (κ3) is 1.90. The highest BCUT2D eigenvalue weighted by atomic mass is 35.5. The standard InChI is InChI=1S/C6H5Cl2NO2S/c7-3-2-6(12(10)11)4(8)1-5(3)9/h1-2H,9H2,(H,10,11). The minimum absolute atomic E-state index is 0.0656. The zero-order valence-corrected chi connectivity index (χ0v) is 8.08. The molecule has 1 aromatic rings. The van der Waals surface area contributed by atoms with Gasteiger partial charge in [-0.2, -0.15) is 0 Å². The molecule has 0 aliphatic carbocycles. The van der Waals surface area contributed by atoms with E-state index in [1.807, 2.05) is 0 Å². The Morgan fingerprint density at radius 1 is 1.33 bits per heavy atom. The Morgan fingerprint density at radius 3 is 2.42 bits per heavy atom. The highest BCUT2D eigenvalue weighted by Gasteiger charge is 2.09. The molecule has 66 valence electrons. The fourth-order valence-corrected chi connectivity index (χ4v) is 1.72. The normalized spacial score (nSPS) is 12.9. The summed E-state index contributed by atoms with van der Waals surface area (Å²) in [7, 11) is 0. The lowest BCUT2D eigenvalue weighted by Crippen LogP contribution is -1.93. The number of nitrogen functional groups attached to an aromatic ring is 1. The second kappa shape index (κ2) is 3.62. The largest absolute Gasteiger partial charge is 0.397 e. The number of hydrogen-bond acceptors (Lipinski definition) is 2. The highest BCUT2D eigenvalue weighted by molar-refractivity contribution is 7.79. The summed E-state index contributed by atoms with van der Waals surface area (Å²) in [5, 5.41) is 0.356. The van der Waals surface area contributed by atoms with Crippen molar-refractivity contribution < 1.29 is 8.76 Å². The molecule has 0 bridgehead atoms. The van der Waals surface area contributed by atoms with Gasteiger partial charge in [-0.15, -0.1) is 0 Å². The van der Waals surface area contributed by atoms with Gasteiger partial charge in [0.25, 0.3) is 0 Å². The third-order valence-corrected chi connectivity index (χ3v) is 2.71. The number of benzene rings is 1. The molecular weight excluding hydrogens is 221 g/mol. The summed E-state index contributed by atoms with van der Waals surface area (Å²) in [6, 6.07) is 2.61. The van der Waals surface area contributed by atoms with E-state index >= 15 is 0 Å². The number of anilines is 1. The summed E-state index contributed by atoms with van der Waals surface area (Å²) in [6.45, 7) is 0. The van der Waals surface area contributed by atoms with Crippen LogP contribution in [0.15, 0.2) is 17.0 Å². The van der Waals surface area contributed by atoms with Crippen molar-refractivity contribution in [2.75, 3.05) is 5.73 Å². The molecule has 0 spiro atoms. The van der Waals surface area contributed by atoms with E-state index in [1.165, 1.54) is 12.1 Å². The molecule has 0 aliphatic rings. The first-order valence-corrected chi connectivity index (χ1v) is 4.74. The molecule has 0 fully saturated rings. The predicted molar refractivity (Wildman–Crippen MR) is 49.9 cm³/mol. The molecule has 0 heterocycles. The van der Waals surface area contributed by atoms with E-state index in [2.05, 4.69) is 0 Å². The van der Waals surface area contributed by atoms with E-state index in [-0.39, 0.29) is 20.6 Å². The van der Waals surface area contributed by atoms with Crippen molar-refractivity contribution in [2.45, 2.75) is 4.90 Å². The Labute approximate surface area is 81.8 Å². The maximum Gasteiger partial charge on any atom is 0.188 e. The third-order valence-electron chi connectivity index (χ3n) is 1.24. The zero-order valence-electron chi connectivity index (χ0n) is 5.75. The SMILES string of the molecule is Nc1cc(Cl)c(S(=O)O)cc1Cl. The minimum atomic E-state index is -2.13. The Balaban J connectivity index is 3.33. The van der Waals surface area contributed by atoms with Gasteiger partial charge in [0, 0.05) is 0 Å². The van der Waals surface area contributed by atoms with Crippen LogP contribution in [-0.4, -0.2) is 8.76 Å². The van der Waals surface area contributed by atoms with Gasteiger partial charge in [0.1, 0.15) is 0 Å². The van der Waals surface area contributed by atoms with Crippen molar-refractivity contribution in [3.05, 3.63) is 22.2 Å². The summed E-state index contributed by atoms with van der Waals surface area (Å²) in [5.41, 5.74) is 5.68. The summed E-state index contributed by atoms with van der Waals surface area (Å²) in [6.07, 6.45) is 0. The van der Waals surface area contributed by atoms with Gasteiger partial charge >= 0.3 is 0 Å². The van der Waals surface area contributed by atoms with Gasteiger partial charge in [0.05, 0.1) is 20.6 Å². The molecule has 0 radical (unpaired) electrons. The van der Waals surface area contributed by atoms with Crippen LogP contribution in [0.4, 0.5) is 5.69 Å². The maximum absolute atomic E-state index is 10.6. The highest BCUT2D eigenvalue weighted by Crippen LogP contribution is 2.28. The van der Waals surface area contributed by atoms with Gasteiger partial charge in [-0.3, -0.25) is 0 Å². The molecule has 0 amide bonds. The minimum Gasteiger partial charge on any atom is -0.397 e. The van der Waals surface area contributed by atoms with Crippen molar-refractivity contribution in [1.29, 1.82) is 0 Å². The average Bonchev–Trinajstić information content (AvgIpc) is 1.96. The van der Waals surface area contributed by atoms with Gasteiger partial charge in [0.2, 0.25) is 0 Å². The quantitative estimate of drug-likeness (QED) is 0.569. The van der Waals surface area contributed by atoms with Gasteiger partial charge in [-0.05, 0) is 12.1 Å². The van der Waals surface area contributed by atoms with Crippen LogP contribution >= 0.6 is 23.2 Å². The molecule has 0 aliphatic heterocycles. The van der Waals surface area contributed by atoms with Gasteiger partial charge in [0.15, 0.2) is 11.1 Å². The molecule has 1 unspecified atom stereocenters. The lowest BCUT2D eigenvalue weighted by molar-refractivity contribution is 0.564. The number of halogens is 2. The van der Waals surface area contributed by atoms with Crippen LogP contribution < -0.4 is 5.73 Å². The summed E-state index contributed by atoms with van der Waals surface area (Å²) >= 11 is 9.07. The van der Waals surface area contributed by atoms with Crippen molar-refractivity contribution in [3.8, 4) is 0 Å². The van der Waals surface area contributed by atoms with Crippen LogP contribution in [0.5, 0.6) is 0 Å². The summed E-state index contributed by atoms with van der Waals surface area (Å²) in [5.74, 6) is 0. The van der Waals surface area contributed by atoms with Crippen LogP contribution in [-0.2, 0) is 11.1 Å². The molecular formula is C6H5Cl2NO2S. The lowest BCUT2D eigenvalue weighted by Gasteiger charge is -2.02. The Kier molecular flexibility index (Phi) is 2.95. The molecule has 1 aromatic carbocycles. The molecule has 6 heteroatoms. The van der Waals surface area contributed by atoms with E-state index in [4.69, 9.17) is 33.5 Å². The first-order valence-electron chi connectivity index (χ1n) is 2.87. The fraction of sp³-hybridized carbons (Fsp3) is 0. The van der Waals surface area contributed by atoms with Crippen molar-refractivity contribution >= 4 is 40.0 Å². The topological polar surface area (TPSA) is 63.3 Å². The van der Waals surface area contributed by atoms with Gasteiger partial charge in [-0.1, -0.05) is 23.2 Å². The van der Waals surface area contributed by atoms with Crippen molar-refractivity contribution in [1.82, 2.24) is 0 Å². The van der Waals surface area contributed by atoms with Crippen LogP contribution in [0.3, 0.4) is 0 Å². The number of nitrogens with two attached hydrogens (primary N) is 1. The summed E-state index contributed by atoms with van der Waals surface area (Å²) in [4.78, 5) is 0.0656. The monoisotopic (exact) mass is 225 g/mol. The molecule has 1 rings (SSSR count). The molecule has 3 N–H and O–H groups in total. The molecule has 0 saturated carbocycles. The van der Waals surface area contributed by atoms with Gasteiger partial charge < -0.3 is 10.3 Å². The van der Waals surface area contributed by atoms with Crippen molar-refractivity contribution in [3.63, 3.8) is 0 Å². The number of rotatable bonds is 1. The average molecular weight is 226 g/mol. The van der Waals surface area contributed by atoms with Gasteiger partial charge in [-0.25, -0.2) is 4.21 Å².